The Hall–Kier alpha value is -1.29. The van der Waals surface area contributed by atoms with Crippen molar-refractivity contribution in [3.8, 4) is 0 Å². The van der Waals surface area contributed by atoms with Gasteiger partial charge in [-0.15, -0.1) is 11.6 Å². The second-order valence-corrected chi connectivity index (χ2v) is 3.34. The fourth-order valence-corrected chi connectivity index (χ4v) is 1.10. The third-order valence-corrected chi connectivity index (χ3v) is 2.16. The molecule has 0 aliphatic heterocycles. The van der Waals surface area contributed by atoms with Crippen molar-refractivity contribution in [1.29, 1.82) is 0 Å². The standard InChI is InChI=1S/C11H15ClO4/c1-4-10(13)16-9(7-12)6-5-8(2)11(14)15-3/h4-5,9H,1,6-7H2,2-3H3. The van der Waals surface area contributed by atoms with Gasteiger partial charge in [0.25, 0.3) is 0 Å². The predicted molar refractivity (Wildman–Crippen MR) is 61.2 cm³/mol. The molecule has 0 spiro atoms. The van der Waals surface area contributed by atoms with Gasteiger partial charge in [-0.2, -0.15) is 0 Å². The number of ether oxygens (including phenoxy) is 2. The zero-order chi connectivity index (χ0) is 12.6. The molecular formula is C11H15ClO4. The maximum Gasteiger partial charge on any atom is 0.333 e. The summed E-state index contributed by atoms with van der Waals surface area (Å²) in [5.74, 6) is -0.789. The van der Waals surface area contributed by atoms with Gasteiger partial charge in [-0.1, -0.05) is 12.7 Å². The molecule has 1 unspecified atom stereocenters. The summed E-state index contributed by atoms with van der Waals surface area (Å²) in [7, 11) is 1.30. The summed E-state index contributed by atoms with van der Waals surface area (Å²) in [6.07, 6.45) is 2.59. The van der Waals surface area contributed by atoms with Crippen molar-refractivity contribution in [2.24, 2.45) is 0 Å². The van der Waals surface area contributed by atoms with Crippen LogP contribution in [0.4, 0.5) is 0 Å². The molecule has 0 saturated heterocycles. The lowest BCUT2D eigenvalue weighted by molar-refractivity contribution is -0.141. The lowest BCUT2D eigenvalue weighted by Crippen LogP contribution is -2.18. The van der Waals surface area contributed by atoms with Gasteiger partial charge in [-0.05, 0) is 6.92 Å². The van der Waals surface area contributed by atoms with Crippen LogP contribution in [0, 0.1) is 0 Å². The SMILES string of the molecule is C=CC(=O)OC(CCl)CC=C(C)C(=O)OC. The molecule has 0 aromatic carbocycles. The molecule has 0 radical (unpaired) electrons. The number of esters is 2. The van der Waals surface area contributed by atoms with E-state index in [2.05, 4.69) is 11.3 Å². The Kier molecular flexibility index (Phi) is 7.29. The van der Waals surface area contributed by atoms with Gasteiger partial charge in [0.15, 0.2) is 0 Å². The van der Waals surface area contributed by atoms with Crippen LogP contribution in [0.5, 0.6) is 0 Å². The lowest BCUT2D eigenvalue weighted by atomic mass is 10.2. The van der Waals surface area contributed by atoms with Crippen molar-refractivity contribution in [3.63, 3.8) is 0 Å². The van der Waals surface area contributed by atoms with Crippen LogP contribution < -0.4 is 0 Å². The average molecular weight is 247 g/mol. The quantitative estimate of drug-likeness (QED) is 0.408. The van der Waals surface area contributed by atoms with E-state index < -0.39 is 18.0 Å². The normalized spacial score (nSPS) is 12.8. The molecule has 0 heterocycles. The van der Waals surface area contributed by atoms with Crippen molar-refractivity contribution >= 4 is 23.5 Å². The minimum absolute atomic E-state index is 0.157. The summed E-state index contributed by atoms with van der Waals surface area (Å²) < 4.78 is 9.44. The summed E-state index contributed by atoms with van der Waals surface area (Å²) in [6.45, 7) is 4.90. The summed E-state index contributed by atoms with van der Waals surface area (Å²) >= 11 is 5.61. The van der Waals surface area contributed by atoms with E-state index in [4.69, 9.17) is 16.3 Å². The highest BCUT2D eigenvalue weighted by Gasteiger charge is 2.11. The first-order valence-electron chi connectivity index (χ1n) is 4.69. The molecule has 0 bridgehead atoms. The van der Waals surface area contributed by atoms with E-state index in [1.807, 2.05) is 0 Å². The number of rotatable bonds is 6. The van der Waals surface area contributed by atoms with E-state index in [1.165, 1.54) is 7.11 Å². The van der Waals surface area contributed by atoms with Gasteiger partial charge in [0.1, 0.15) is 6.10 Å². The third kappa shape index (κ3) is 5.56. The Morgan fingerprint density at radius 3 is 2.56 bits per heavy atom. The molecule has 5 heteroatoms. The van der Waals surface area contributed by atoms with Crippen molar-refractivity contribution in [2.75, 3.05) is 13.0 Å². The molecule has 16 heavy (non-hydrogen) atoms. The molecule has 4 nitrogen and oxygen atoms in total. The van der Waals surface area contributed by atoms with Crippen molar-refractivity contribution in [1.82, 2.24) is 0 Å². The second kappa shape index (κ2) is 7.93. The number of alkyl halides is 1. The van der Waals surface area contributed by atoms with Crippen LogP contribution in [0.25, 0.3) is 0 Å². The van der Waals surface area contributed by atoms with Crippen LogP contribution in [-0.4, -0.2) is 31.0 Å². The number of carbonyl (C=O) groups excluding carboxylic acids is 2. The predicted octanol–water partition coefficient (Wildman–Crippen LogP) is 1.83. The smallest absolute Gasteiger partial charge is 0.333 e. The Morgan fingerprint density at radius 2 is 2.12 bits per heavy atom. The Bertz CT molecular complexity index is 296. The van der Waals surface area contributed by atoms with Crippen LogP contribution in [0.15, 0.2) is 24.3 Å². The van der Waals surface area contributed by atoms with Gasteiger partial charge in [0.05, 0.1) is 13.0 Å². The molecule has 0 saturated carbocycles. The fraction of sp³-hybridized carbons (Fsp3) is 0.455. The molecule has 0 aromatic heterocycles. The van der Waals surface area contributed by atoms with Crippen molar-refractivity contribution in [3.05, 3.63) is 24.3 Å². The van der Waals surface area contributed by atoms with E-state index in [0.717, 1.165) is 6.08 Å². The van der Waals surface area contributed by atoms with Gasteiger partial charge < -0.3 is 9.47 Å². The Balaban J connectivity index is 4.28. The van der Waals surface area contributed by atoms with E-state index >= 15 is 0 Å². The highest BCUT2D eigenvalue weighted by molar-refractivity contribution is 6.18. The molecule has 0 rings (SSSR count). The minimum Gasteiger partial charge on any atom is -0.466 e. The molecule has 90 valence electrons. The summed E-state index contributed by atoms with van der Waals surface area (Å²) in [4.78, 5) is 21.9. The van der Waals surface area contributed by atoms with Gasteiger partial charge in [-0.25, -0.2) is 9.59 Å². The maximum absolute atomic E-state index is 11.0. The topological polar surface area (TPSA) is 52.6 Å². The number of hydrogen-bond donors (Lipinski definition) is 0. The molecule has 0 amide bonds. The Morgan fingerprint density at radius 1 is 1.50 bits per heavy atom. The third-order valence-electron chi connectivity index (χ3n) is 1.82. The monoisotopic (exact) mass is 246 g/mol. The van der Waals surface area contributed by atoms with Gasteiger partial charge in [-0.3, -0.25) is 0 Å². The minimum atomic E-state index is -0.533. The van der Waals surface area contributed by atoms with Gasteiger partial charge >= 0.3 is 11.9 Å². The zero-order valence-electron chi connectivity index (χ0n) is 9.36. The van der Waals surface area contributed by atoms with E-state index in [0.29, 0.717) is 12.0 Å². The molecule has 0 aliphatic rings. The average Bonchev–Trinajstić information content (AvgIpc) is 2.32. The molecule has 0 N–H and O–H groups in total. The maximum atomic E-state index is 11.0. The number of halogens is 1. The van der Waals surface area contributed by atoms with Crippen LogP contribution in [0.3, 0.4) is 0 Å². The summed E-state index contributed by atoms with van der Waals surface area (Å²) in [5, 5.41) is 0. The fourth-order valence-electron chi connectivity index (χ4n) is 0.908. The van der Waals surface area contributed by atoms with Gasteiger partial charge in [0.2, 0.25) is 0 Å². The highest BCUT2D eigenvalue weighted by atomic mass is 35.5. The first-order valence-corrected chi connectivity index (χ1v) is 5.22. The van der Waals surface area contributed by atoms with Crippen LogP contribution in [0.1, 0.15) is 13.3 Å². The first-order chi connectivity index (χ1) is 7.54. The molecule has 0 aliphatic carbocycles. The first kappa shape index (κ1) is 14.7. The number of hydrogen-bond acceptors (Lipinski definition) is 4. The zero-order valence-corrected chi connectivity index (χ0v) is 10.1. The van der Waals surface area contributed by atoms with Crippen molar-refractivity contribution in [2.45, 2.75) is 19.4 Å². The van der Waals surface area contributed by atoms with Crippen LogP contribution >= 0.6 is 11.6 Å². The summed E-state index contributed by atoms with van der Waals surface area (Å²) in [6, 6.07) is 0. The van der Waals surface area contributed by atoms with E-state index in [-0.39, 0.29) is 5.88 Å². The number of methoxy groups -OCH3 is 1. The van der Waals surface area contributed by atoms with Crippen LogP contribution in [-0.2, 0) is 19.1 Å². The second-order valence-electron chi connectivity index (χ2n) is 3.03. The summed E-state index contributed by atoms with van der Waals surface area (Å²) in [5.41, 5.74) is 0.451. The number of carbonyl (C=O) groups is 2. The van der Waals surface area contributed by atoms with Crippen molar-refractivity contribution < 1.29 is 19.1 Å². The van der Waals surface area contributed by atoms with Gasteiger partial charge in [0, 0.05) is 18.1 Å². The highest BCUT2D eigenvalue weighted by Crippen LogP contribution is 2.07. The molecule has 0 aromatic rings. The molecule has 0 fully saturated rings. The molecular weight excluding hydrogens is 232 g/mol. The lowest BCUT2D eigenvalue weighted by Gasteiger charge is -2.11. The largest absolute Gasteiger partial charge is 0.466 e. The van der Waals surface area contributed by atoms with E-state index in [1.54, 1.807) is 13.0 Å². The van der Waals surface area contributed by atoms with E-state index in [9.17, 15) is 9.59 Å². The van der Waals surface area contributed by atoms with Crippen LogP contribution in [0.2, 0.25) is 0 Å². The molecule has 1 atom stereocenters. The Labute approximate surface area is 99.9 Å².